The number of nitrogens with zero attached hydrogens (tertiary/aromatic N) is 2. The van der Waals surface area contributed by atoms with Crippen LogP contribution in [0, 0.1) is 0 Å². The molecule has 0 unspecified atom stereocenters. The molecule has 0 spiro atoms. The molecule has 66 heavy (non-hydrogen) atoms. The first kappa shape index (κ1) is 42.3. The summed E-state index contributed by atoms with van der Waals surface area (Å²) < 4.78 is 1.44. The van der Waals surface area contributed by atoms with Gasteiger partial charge in [-0.25, -0.2) is 0 Å². The molecule has 1 aromatic heterocycles. The zero-order chi connectivity index (χ0) is 46.1. The topological polar surface area (TPSA) is 6.48 Å². The molecule has 13 rings (SSSR count). The third kappa shape index (κ3) is 6.11. The summed E-state index contributed by atoms with van der Waals surface area (Å²) in [5.41, 5.74) is 22.8. The van der Waals surface area contributed by atoms with Crippen LogP contribution in [-0.4, -0.2) is 6.71 Å². The third-order valence-corrected chi connectivity index (χ3v) is 18.8. The molecule has 4 heteroatoms. The highest BCUT2D eigenvalue weighted by atomic mass is 32.1. The van der Waals surface area contributed by atoms with Crippen LogP contribution in [0.4, 0.5) is 33.4 Å². The number of fused-ring (bicyclic) bond motifs is 9. The van der Waals surface area contributed by atoms with Crippen LogP contribution in [-0.2, 0) is 32.5 Å². The van der Waals surface area contributed by atoms with E-state index in [4.69, 9.17) is 0 Å². The van der Waals surface area contributed by atoms with Gasteiger partial charge in [0.15, 0.2) is 0 Å². The van der Waals surface area contributed by atoms with Gasteiger partial charge in [-0.05, 0) is 192 Å². The number of anilines is 6. The van der Waals surface area contributed by atoms with E-state index in [-0.39, 0.29) is 39.2 Å². The maximum Gasteiger partial charge on any atom is 0.254 e. The smallest absolute Gasteiger partial charge is 0.254 e. The Balaban J connectivity index is 1.22. The number of benzene rings is 6. The van der Waals surface area contributed by atoms with E-state index < -0.39 is 0 Å². The zero-order valence-corrected chi connectivity index (χ0v) is 42.4. The van der Waals surface area contributed by atoms with Crippen molar-refractivity contribution in [3.8, 4) is 11.1 Å². The number of hydrogen-bond donors (Lipinski definition) is 0. The Labute approximate surface area is 399 Å². The summed E-state index contributed by atoms with van der Waals surface area (Å²) in [7, 11) is 0. The molecule has 0 amide bonds. The van der Waals surface area contributed by atoms with Gasteiger partial charge in [0.1, 0.15) is 0 Å². The van der Waals surface area contributed by atoms with E-state index in [9.17, 15) is 0 Å². The number of thiophene rings is 1. The van der Waals surface area contributed by atoms with Gasteiger partial charge < -0.3 is 9.80 Å². The van der Waals surface area contributed by atoms with Crippen molar-refractivity contribution in [1.29, 1.82) is 0 Å². The molecule has 2 aliphatic heterocycles. The van der Waals surface area contributed by atoms with Crippen LogP contribution >= 0.6 is 11.3 Å². The summed E-state index contributed by atoms with van der Waals surface area (Å²) in [6, 6.07) is 46.2. The lowest BCUT2D eigenvalue weighted by atomic mass is 9.33. The van der Waals surface area contributed by atoms with Crippen molar-refractivity contribution in [3.63, 3.8) is 0 Å². The highest BCUT2D eigenvalue weighted by Gasteiger charge is 2.50. The van der Waals surface area contributed by atoms with Crippen LogP contribution in [0.1, 0.15) is 155 Å². The van der Waals surface area contributed by atoms with Gasteiger partial charge in [-0.2, -0.15) is 0 Å². The predicted molar refractivity (Wildman–Crippen MR) is 287 cm³/mol. The van der Waals surface area contributed by atoms with Crippen LogP contribution < -0.4 is 26.2 Å². The number of hydrogen-bond acceptors (Lipinski definition) is 3. The molecule has 0 saturated heterocycles. The second kappa shape index (κ2) is 13.8. The minimum atomic E-state index is -0.0131. The summed E-state index contributed by atoms with van der Waals surface area (Å²) in [6.07, 6.45) is 7.52. The minimum absolute atomic E-state index is 0.0131. The Kier molecular flexibility index (Phi) is 8.83. The first-order chi connectivity index (χ1) is 31.2. The van der Waals surface area contributed by atoms with Crippen molar-refractivity contribution in [2.75, 3.05) is 9.80 Å². The molecule has 3 heterocycles. The molecule has 6 aliphatic rings. The minimum Gasteiger partial charge on any atom is -0.311 e. The lowest BCUT2D eigenvalue weighted by Crippen LogP contribution is -2.61. The highest BCUT2D eigenvalue weighted by Crippen LogP contribution is 2.59. The number of rotatable bonds is 3. The molecule has 1 saturated carbocycles. The van der Waals surface area contributed by atoms with Crippen molar-refractivity contribution in [1.82, 2.24) is 0 Å². The summed E-state index contributed by atoms with van der Waals surface area (Å²) >= 11 is 2.05. The quantitative estimate of drug-likeness (QED) is 0.163. The fourth-order valence-electron chi connectivity index (χ4n) is 13.1. The fraction of sp³-hybridized carbons (Fsp3) is 0.387. The van der Waals surface area contributed by atoms with Gasteiger partial charge in [-0.3, -0.25) is 0 Å². The van der Waals surface area contributed by atoms with E-state index in [0.717, 1.165) is 0 Å². The lowest BCUT2D eigenvalue weighted by Gasteiger charge is -2.52. The molecule has 0 radical (unpaired) electrons. The first-order valence-corrected chi connectivity index (χ1v) is 25.8. The van der Waals surface area contributed by atoms with Gasteiger partial charge >= 0.3 is 0 Å². The van der Waals surface area contributed by atoms with Gasteiger partial charge in [-0.15, -0.1) is 11.3 Å². The molecule has 0 N–H and O–H groups in total. The van der Waals surface area contributed by atoms with Gasteiger partial charge in [-0.1, -0.05) is 144 Å². The Morgan fingerprint density at radius 1 is 0.470 bits per heavy atom. The van der Waals surface area contributed by atoms with E-state index in [2.05, 4.69) is 208 Å². The molecule has 7 aromatic rings. The van der Waals surface area contributed by atoms with Crippen molar-refractivity contribution >= 4 is 78.0 Å². The van der Waals surface area contributed by atoms with Gasteiger partial charge in [0, 0.05) is 33.1 Å². The summed E-state index contributed by atoms with van der Waals surface area (Å²) in [6.45, 7) is 29.1. The predicted octanol–water partition coefficient (Wildman–Crippen LogP) is 15.7. The molecule has 2 nitrogen and oxygen atoms in total. The standard InChI is InChI=1S/C62H67BN2S/c1-57(2,3)40-18-21-42(22-19-40)64-50-25-20-41(58(4,5)6)34-49(50)63-54-44-36-47-48(62(12)30-28-61(47,11)29-31-62)37-53(44)66-56(54)65(43-23-24-45-46(35-43)60(9,10)27-26-59(45,7)8)52-33-39(32-51(64)55(52)63)38-16-14-13-15-17-38/h13-25,32-37H,26-31H2,1-12H3. The Morgan fingerprint density at radius 3 is 1.68 bits per heavy atom. The average Bonchev–Trinajstić information content (AvgIpc) is 3.65. The van der Waals surface area contributed by atoms with E-state index in [1.807, 2.05) is 11.3 Å². The van der Waals surface area contributed by atoms with Crippen molar-refractivity contribution in [2.24, 2.45) is 0 Å². The summed E-state index contributed by atoms with van der Waals surface area (Å²) in [5, 5.41) is 2.84. The summed E-state index contributed by atoms with van der Waals surface area (Å²) in [4.78, 5) is 5.35. The fourth-order valence-corrected chi connectivity index (χ4v) is 14.4. The molecule has 4 aliphatic carbocycles. The second-order valence-corrected chi connectivity index (χ2v) is 26.1. The van der Waals surface area contributed by atoms with Gasteiger partial charge in [0.2, 0.25) is 0 Å². The second-order valence-electron chi connectivity index (χ2n) is 25.1. The zero-order valence-electron chi connectivity index (χ0n) is 41.6. The lowest BCUT2D eigenvalue weighted by molar-refractivity contribution is 0.188. The Morgan fingerprint density at radius 2 is 1.05 bits per heavy atom. The molecule has 0 atom stereocenters. The average molecular weight is 883 g/mol. The molecular weight excluding hydrogens is 816 g/mol. The van der Waals surface area contributed by atoms with Crippen molar-refractivity contribution in [3.05, 3.63) is 149 Å². The van der Waals surface area contributed by atoms with E-state index in [0.29, 0.717) is 0 Å². The Hall–Kier alpha value is -5.06. The van der Waals surface area contributed by atoms with Crippen LogP contribution in [0.15, 0.2) is 115 Å². The molecule has 2 bridgehead atoms. The van der Waals surface area contributed by atoms with Crippen LogP contribution in [0.5, 0.6) is 0 Å². The van der Waals surface area contributed by atoms with Crippen LogP contribution in [0.2, 0.25) is 0 Å². The van der Waals surface area contributed by atoms with E-state index in [1.165, 1.54) is 132 Å². The SMILES string of the molecule is CC(C)(C)c1ccc(N2c3ccc(C(C)(C)C)cc3B3c4c2cc(-c2ccccc2)cc4N(c2ccc4c(c2)C(C)(C)CCC4(C)C)c2sc4cc5c(cc4c23)C2(C)CCC5(C)CC2)cc1. The third-order valence-electron chi connectivity index (χ3n) is 17.6. The Bertz CT molecular complexity index is 3140. The van der Waals surface area contributed by atoms with Crippen LogP contribution in [0.25, 0.3) is 21.2 Å². The van der Waals surface area contributed by atoms with E-state index in [1.54, 1.807) is 11.1 Å². The van der Waals surface area contributed by atoms with Gasteiger partial charge in [0.05, 0.1) is 5.00 Å². The molecule has 6 aromatic carbocycles. The molecule has 1 fully saturated rings. The largest absolute Gasteiger partial charge is 0.311 e. The normalized spacial score (nSPS) is 22.2. The van der Waals surface area contributed by atoms with Gasteiger partial charge in [0.25, 0.3) is 6.71 Å². The van der Waals surface area contributed by atoms with Crippen molar-refractivity contribution < 1.29 is 0 Å². The van der Waals surface area contributed by atoms with Crippen LogP contribution in [0.3, 0.4) is 0 Å². The maximum atomic E-state index is 2.73. The first-order valence-electron chi connectivity index (χ1n) is 25.0. The van der Waals surface area contributed by atoms with E-state index >= 15 is 0 Å². The summed E-state index contributed by atoms with van der Waals surface area (Å²) in [5.74, 6) is 0. The molecular formula is C62H67BN2S. The molecule has 334 valence electrons. The monoisotopic (exact) mass is 883 g/mol. The highest BCUT2D eigenvalue weighted by molar-refractivity contribution is 7.26. The maximum absolute atomic E-state index is 2.73. The van der Waals surface area contributed by atoms with Crippen molar-refractivity contribution in [2.45, 2.75) is 154 Å².